The Kier molecular flexibility index (Phi) is 2.87. The first-order valence-electron chi connectivity index (χ1n) is 5.01. The quantitative estimate of drug-likeness (QED) is 0.700. The van der Waals surface area contributed by atoms with Crippen molar-refractivity contribution in [3.8, 4) is 5.75 Å². The number of halogens is 6. The van der Waals surface area contributed by atoms with Crippen molar-refractivity contribution in [1.29, 1.82) is 0 Å². The first kappa shape index (κ1) is 13.5. The van der Waals surface area contributed by atoms with E-state index >= 15 is 0 Å². The fourth-order valence-corrected chi connectivity index (χ4v) is 1.88. The van der Waals surface area contributed by atoms with Gasteiger partial charge >= 0.3 is 12.4 Å². The highest BCUT2D eigenvalue weighted by Crippen LogP contribution is 2.44. The van der Waals surface area contributed by atoms with Crippen LogP contribution < -0.4 is 0 Å². The van der Waals surface area contributed by atoms with Gasteiger partial charge in [-0.2, -0.15) is 26.3 Å². The summed E-state index contributed by atoms with van der Waals surface area (Å²) in [5.74, 6) is -0.503. The zero-order valence-electron chi connectivity index (χ0n) is 9.10. The summed E-state index contributed by atoms with van der Waals surface area (Å²) in [5, 5.41) is 8.45. The number of benzene rings is 2. The Bertz CT molecular complexity index is 626. The van der Waals surface area contributed by atoms with E-state index in [0.29, 0.717) is 6.07 Å². The average Bonchev–Trinajstić information content (AvgIpc) is 2.25. The van der Waals surface area contributed by atoms with Crippen molar-refractivity contribution in [2.24, 2.45) is 0 Å². The predicted octanol–water partition coefficient (Wildman–Crippen LogP) is 4.58. The molecule has 0 bridgehead atoms. The van der Waals surface area contributed by atoms with Crippen molar-refractivity contribution in [2.75, 3.05) is 0 Å². The van der Waals surface area contributed by atoms with E-state index in [2.05, 4.69) is 0 Å². The fraction of sp³-hybridized carbons (Fsp3) is 0.167. The molecule has 2 aromatic rings. The smallest absolute Gasteiger partial charge is 0.417 e. The molecule has 102 valence electrons. The zero-order valence-corrected chi connectivity index (χ0v) is 9.10. The molecule has 0 radical (unpaired) electrons. The Morgan fingerprint density at radius 3 is 1.89 bits per heavy atom. The highest BCUT2D eigenvalue weighted by Gasteiger charge is 2.44. The lowest BCUT2D eigenvalue weighted by molar-refractivity contribution is -0.161. The van der Waals surface area contributed by atoms with Gasteiger partial charge in [-0.3, -0.25) is 0 Å². The van der Waals surface area contributed by atoms with Crippen LogP contribution in [0.4, 0.5) is 26.3 Å². The molecule has 0 aromatic heterocycles. The molecule has 0 atom stereocenters. The summed E-state index contributed by atoms with van der Waals surface area (Å²) in [6.45, 7) is 0. The van der Waals surface area contributed by atoms with Crippen LogP contribution in [0.15, 0.2) is 30.3 Å². The molecule has 1 nitrogen and oxygen atoms in total. The maximum Gasteiger partial charge on any atom is 0.417 e. The molecule has 2 rings (SSSR count). The molecule has 0 aliphatic carbocycles. The first-order valence-corrected chi connectivity index (χ1v) is 5.01. The second kappa shape index (κ2) is 4.04. The van der Waals surface area contributed by atoms with Gasteiger partial charge in [0.1, 0.15) is 5.75 Å². The van der Waals surface area contributed by atoms with E-state index in [4.69, 9.17) is 0 Å². The number of phenols is 1. The van der Waals surface area contributed by atoms with Gasteiger partial charge in [-0.15, -0.1) is 0 Å². The Balaban J connectivity index is 2.94. The van der Waals surface area contributed by atoms with E-state index in [9.17, 15) is 31.4 Å². The van der Waals surface area contributed by atoms with E-state index < -0.39 is 34.6 Å². The van der Waals surface area contributed by atoms with Gasteiger partial charge in [-0.05, 0) is 17.5 Å². The molecule has 19 heavy (non-hydrogen) atoms. The summed E-state index contributed by atoms with van der Waals surface area (Å²) < 4.78 is 76.5. The van der Waals surface area contributed by atoms with Gasteiger partial charge in [0.05, 0.1) is 11.1 Å². The fourth-order valence-electron chi connectivity index (χ4n) is 1.88. The topological polar surface area (TPSA) is 20.2 Å². The van der Waals surface area contributed by atoms with Crippen LogP contribution in [0.3, 0.4) is 0 Å². The van der Waals surface area contributed by atoms with Crippen molar-refractivity contribution in [2.45, 2.75) is 12.4 Å². The van der Waals surface area contributed by atoms with E-state index in [1.54, 1.807) is 0 Å². The summed E-state index contributed by atoms with van der Waals surface area (Å²) in [6.07, 6.45) is -10.3. The van der Waals surface area contributed by atoms with Crippen LogP contribution in [0.2, 0.25) is 0 Å². The summed E-state index contributed by atoms with van der Waals surface area (Å²) in [5.41, 5.74) is -3.55. The number of rotatable bonds is 0. The second-order valence-electron chi connectivity index (χ2n) is 3.86. The highest BCUT2D eigenvalue weighted by molar-refractivity contribution is 5.92. The number of hydrogen-bond acceptors (Lipinski definition) is 1. The average molecular weight is 280 g/mol. The van der Waals surface area contributed by atoms with Crippen molar-refractivity contribution in [3.63, 3.8) is 0 Å². The Labute approximate surface area is 103 Å². The van der Waals surface area contributed by atoms with Gasteiger partial charge in [-0.1, -0.05) is 18.2 Å². The third-order valence-corrected chi connectivity index (χ3v) is 2.63. The van der Waals surface area contributed by atoms with E-state index in [1.807, 2.05) is 0 Å². The minimum absolute atomic E-state index is 0.275. The number of hydrogen-bond donors (Lipinski definition) is 1. The highest BCUT2D eigenvalue weighted by atomic mass is 19.4. The number of aromatic hydroxyl groups is 1. The Hall–Kier alpha value is -1.92. The summed E-state index contributed by atoms with van der Waals surface area (Å²) >= 11 is 0. The van der Waals surface area contributed by atoms with Gasteiger partial charge in [0.25, 0.3) is 0 Å². The molecule has 0 fully saturated rings. The van der Waals surface area contributed by atoms with Crippen LogP contribution in [0.25, 0.3) is 10.8 Å². The molecule has 0 saturated carbocycles. The lowest BCUT2D eigenvalue weighted by Gasteiger charge is -2.18. The van der Waals surface area contributed by atoms with Crippen LogP contribution in [0.5, 0.6) is 5.75 Å². The number of phenolic OH excluding ortho intramolecular Hbond substituents is 1. The molecule has 7 heteroatoms. The monoisotopic (exact) mass is 280 g/mol. The molecule has 0 saturated heterocycles. The Morgan fingerprint density at radius 2 is 1.37 bits per heavy atom. The second-order valence-corrected chi connectivity index (χ2v) is 3.86. The number of alkyl halides is 6. The Morgan fingerprint density at radius 1 is 0.737 bits per heavy atom. The van der Waals surface area contributed by atoms with Gasteiger partial charge in [-0.25, -0.2) is 0 Å². The summed E-state index contributed by atoms with van der Waals surface area (Å²) in [7, 11) is 0. The molecule has 0 amide bonds. The van der Waals surface area contributed by atoms with E-state index in [0.717, 1.165) is 24.3 Å². The minimum atomic E-state index is -5.17. The van der Waals surface area contributed by atoms with Crippen LogP contribution in [-0.4, -0.2) is 5.11 Å². The molecular weight excluding hydrogens is 274 g/mol. The third-order valence-electron chi connectivity index (χ3n) is 2.63. The van der Waals surface area contributed by atoms with Crippen LogP contribution in [-0.2, 0) is 12.4 Å². The SMILES string of the molecule is Oc1cccc2c(C(F)(F)F)c(C(F)(F)F)ccc12. The van der Waals surface area contributed by atoms with Crippen molar-refractivity contribution >= 4 is 10.8 Å². The standard InChI is InChI=1S/C12H6F6O/c13-11(14,15)8-5-4-6-7(2-1-3-9(6)19)10(8)12(16,17)18/h1-5,19H. The van der Waals surface area contributed by atoms with Crippen molar-refractivity contribution in [3.05, 3.63) is 41.5 Å². The van der Waals surface area contributed by atoms with Gasteiger partial charge < -0.3 is 5.11 Å². The third kappa shape index (κ3) is 2.32. The summed E-state index contributed by atoms with van der Waals surface area (Å²) in [6, 6.07) is 4.21. The van der Waals surface area contributed by atoms with Gasteiger partial charge in [0.2, 0.25) is 0 Å². The maximum atomic E-state index is 12.9. The molecular formula is C12H6F6O. The maximum absolute atomic E-state index is 12.9. The van der Waals surface area contributed by atoms with E-state index in [1.165, 1.54) is 0 Å². The van der Waals surface area contributed by atoms with Crippen molar-refractivity contribution < 1.29 is 31.4 Å². The number of fused-ring (bicyclic) bond motifs is 1. The van der Waals surface area contributed by atoms with Crippen LogP contribution >= 0.6 is 0 Å². The summed E-state index contributed by atoms with van der Waals surface area (Å²) in [4.78, 5) is 0. The van der Waals surface area contributed by atoms with Gasteiger partial charge in [0, 0.05) is 5.39 Å². The lowest BCUT2D eigenvalue weighted by Crippen LogP contribution is -2.16. The van der Waals surface area contributed by atoms with Crippen LogP contribution in [0, 0.1) is 0 Å². The van der Waals surface area contributed by atoms with Crippen molar-refractivity contribution in [1.82, 2.24) is 0 Å². The molecule has 2 aromatic carbocycles. The van der Waals surface area contributed by atoms with E-state index in [-0.39, 0.29) is 5.39 Å². The van der Waals surface area contributed by atoms with Crippen LogP contribution in [0.1, 0.15) is 11.1 Å². The molecule has 0 unspecified atom stereocenters. The molecule has 0 spiro atoms. The van der Waals surface area contributed by atoms with Gasteiger partial charge in [0.15, 0.2) is 0 Å². The predicted molar refractivity (Wildman–Crippen MR) is 55.6 cm³/mol. The lowest BCUT2D eigenvalue weighted by atomic mass is 9.97. The molecule has 0 aliphatic heterocycles. The molecule has 0 heterocycles. The zero-order chi connectivity index (χ0) is 14.4. The molecule has 1 N–H and O–H groups in total. The largest absolute Gasteiger partial charge is 0.507 e. The first-order chi connectivity index (χ1) is 8.62. The minimum Gasteiger partial charge on any atom is -0.507 e. The normalized spacial score (nSPS) is 12.9. The molecule has 0 aliphatic rings.